The number of hydrogen-bond acceptors (Lipinski definition) is 3. The summed E-state index contributed by atoms with van der Waals surface area (Å²) in [5, 5.41) is 0. The topological polar surface area (TPSA) is 43.4 Å². The van der Waals surface area contributed by atoms with Crippen LogP contribution in [0.2, 0.25) is 0 Å². The van der Waals surface area contributed by atoms with E-state index in [1.165, 1.54) is 69.6 Å². The summed E-state index contributed by atoms with van der Waals surface area (Å²) in [5.74, 6) is 4.24. The highest BCUT2D eigenvalue weighted by atomic mass is 32.2. The number of hydrogen-bond donors (Lipinski definition) is 0. The van der Waals surface area contributed by atoms with Crippen LogP contribution in [0, 0.1) is 13.8 Å². The summed E-state index contributed by atoms with van der Waals surface area (Å²) in [5.41, 5.74) is -4.85. The van der Waals surface area contributed by atoms with Crippen LogP contribution in [0.1, 0.15) is 70.4 Å². The average Bonchev–Trinajstić information content (AvgIpc) is 2.96. The SMILES string of the molecule is CCCC[S+](CCCC)CCCC.Cc1cc([S+](c2ccccc2)c2ccccc2)cc(C)c1OS(=O)(=O)C(F)(F)F. The Bertz CT molecular complexity index is 1220. The lowest BCUT2D eigenvalue weighted by molar-refractivity contribution is -0.0500. The van der Waals surface area contributed by atoms with E-state index in [-0.39, 0.29) is 5.75 Å². The summed E-state index contributed by atoms with van der Waals surface area (Å²) >= 11 is 0. The zero-order valence-corrected chi connectivity index (χ0v) is 27.8. The summed E-state index contributed by atoms with van der Waals surface area (Å²) in [4.78, 5) is 2.93. The van der Waals surface area contributed by atoms with Crippen LogP contribution in [0.4, 0.5) is 13.2 Å². The summed E-state index contributed by atoms with van der Waals surface area (Å²) in [6.45, 7) is 9.99. The molecule has 0 unspecified atom stereocenters. The molecule has 3 aromatic carbocycles. The monoisotopic (exact) mass is 642 g/mol. The van der Waals surface area contributed by atoms with Crippen LogP contribution < -0.4 is 4.18 Å². The molecule has 0 atom stereocenters. The van der Waals surface area contributed by atoms with Gasteiger partial charge in [-0.05, 0) is 79.4 Å². The average molecular weight is 643 g/mol. The Hall–Kier alpha value is -2.10. The molecule has 3 nitrogen and oxygen atoms in total. The molecule has 3 aromatic rings. The lowest BCUT2D eigenvalue weighted by atomic mass is 10.1. The molecule has 0 aliphatic rings. The Labute approximate surface area is 257 Å². The fourth-order valence-electron chi connectivity index (χ4n) is 4.19. The number of rotatable bonds is 14. The Balaban J connectivity index is 0.000000401. The standard InChI is InChI=1S/C21H18F3O3S2.C12H27S/c1-15-13-19(14-16(2)20(15)27-29(25,26)21(22,23)24)28(17-9-5-3-6-10-17)18-11-7-4-8-12-18;1-4-7-10-13(11-8-5-2)12-9-6-3/h3-14H,1-2H3;4-12H2,1-3H3/q2*+1. The molecular weight excluding hydrogens is 598 g/mol. The quantitative estimate of drug-likeness (QED) is 0.0999. The number of alkyl halides is 3. The number of halogens is 3. The van der Waals surface area contributed by atoms with Crippen molar-refractivity contribution in [2.75, 3.05) is 17.3 Å². The third kappa shape index (κ3) is 11.2. The third-order valence-corrected chi connectivity index (χ3v) is 12.2. The van der Waals surface area contributed by atoms with Crippen molar-refractivity contribution in [3.63, 3.8) is 0 Å². The van der Waals surface area contributed by atoms with Gasteiger partial charge in [0.15, 0.2) is 14.7 Å². The van der Waals surface area contributed by atoms with Crippen LogP contribution in [-0.4, -0.2) is 31.2 Å². The summed E-state index contributed by atoms with van der Waals surface area (Å²) in [6.07, 6.45) is 8.49. The fourth-order valence-corrected chi connectivity index (χ4v) is 9.73. The Kier molecular flexibility index (Phi) is 15.4. The van der Waals surface area contributed by atoms with Crippen molar-refractivity contribution in [3.05, 3.63) is 83.9 Å². The predicted octanol–water partition coefficient (Wildman–Crippen LogP) is 9.63. The fraction of sp³-hybridized carbons (Fsp3) is 0.455. The lowest BCUT2D eigenvalue weighted by Gasteiger charge is -2.15. The molecule has 232 valence electrons. The van der Waals surface area contributed by atoms with Gasteiger partial charge in [-0.3, -0.25) is 0 Å². The largest absolute Gasteiger partial charge is 0.534 e. The maximum absolute atomic E-state index is 12.7. The van der Waals surface area contributed by atoms with Gasteiger partial charge in [0.2, 0.25) is 0 Å². The molecule has 0 heterocycles. The van der Waals surface area contributed by atoms with Crippen molar-refractivity contribution in [2.45, 2.75) is 93.3 Å². The highest BCUT2D eigenvalue weighted by Crippen LogP contribution is 2.37. The smallest absolute Gasteiger partial charge is 0.375 e. The van der Waals surface area contributed by atoms with E-state index < -0.39 is 26.5 Å². The van der Waals surface area contributed by atoms with Gasteiger partial charge in [-0.15, -0.1) is 0 Å². The van der Waals surface area contributed by atoms with E-state index in [2.05, 4.69) is 25.0 Å². The van der Waals surface area contributed by atoms with Gasteiger partial charge >= 0.3 is 15.6 Å². The lowest BCUT2D eigenvalue weighted by Crippen LogP contribution is -2.28. The zero-order valence-electron chi connectivity index (χ0n) is 25.4. The van der Waals surface area contributed by atoms with E-state index in [1.807, 2.05) is 60.7 Å². The second-order valence-corrected chi connectivity index (χ2v) is 16.1. The molecule has 0 amide bonds. The van der Waals surface area contributed by atoms with Crippen molar-refractivity contribution in [3.8, 4) is 5.75 Å². The van der Waals surface area contributed by atoms with E-state index >= 15 is 0 Å². The molecule has 0 spiro atoms. The van der Waals surface area contributed by atoms with Gasteiger partial charge < -0.3 is 4.18 Å². The molecule has 0 saturated carbocycles. The van der Waals surface area contributed by atoms with Crippen molar-refractivity contribution in [1.29, 1.82) is 0 Å². The van der Waals surface area contributed by atoms with E-state index in [0.717, 1.165) is 25.6 Å². The van der Waals surface area contributed by atoms with Gasteiger partial charge in [-0.1, -0.05) is 76.4 Å². The van der Waals surface area contributed by atoms with E-state index in [0.29, 0.717) is 11.1 Å². The van der Waals surface area contributed by atoms with Crippen molar-refractivity contribution >= 4 is 31.9 Å². The first kappa shape index (κ1) is 36.1. The summed E-state index contributed by atoms with van der Waals surface area (Å²) < 4.78 is 65.5. The van der Waals surface area contributed by atoms with Crippen LogP contribution in [0.25, 0.3) is 0 Å². The van der Waals surface area contributed by atoms with Gasteiger partial charge in [0.1, 0.15) is 23.0 Å². The number of aryl methyl sites for hydroxylation is 2. The van der Waals surface area contributed by atoms with Gasteiger partial charge in [0, 0.05) is 12.1 Å². The maximum Gasteiger partial charge on any atom is 0.534 e. The van der Waals surface area contributed by atoms with Crippen LogP contribution in [0.5, 0.6) is 5.75 Å². The minimum absolute atomic E-state index is 0.296. The predicted molar refractivity (Wildman–Crippen MR) is 173 cm³/mol. The number of benzene rings is 3. The highest BCUT2D eigenvalue weighted by molar-refractivity contribution is 7.97. The van der Waals surface area contributed by atoms with Crippen molar-refractivity contribution < 1.29 is 25.8 Å². The molecule has 0 aliphatic heterocycles. The van der Waals surface area contributed by atoms with E-state index in [4.69, 9.17) is 0 Å². The Morgan fingerprint density at radius 3 is 1.38 bits per heavy atom. The van der Waals surface area contributed by atoms with Crippen LogP contribution in [0.3, 0.4) is 0 Å². The maximum atomic E-state index is 12.7. The minimum Gasteiger partial charge on any atom is -0.375 e. The molecule has 0 aliphatic carbocycles. The molecule has 0 aromatic heterocycles. The van der Waals surface area contributed by atoms with Gasteiger partial charge in [-0.25, -0.2) is 0 Å². The second-order valence-electron chi connectivity index (χ2n) is 10.1. The minimum atomic E-state index is -5.73. The first-order valence-electron chi connectivity index (χ1n) is 14.6. The molecule has 9 heteroatoms. The molecule has 0 radical (unpaired) electrons. The van der Waals surface area contributed by atoms with Crippen LogP contribution >= 0.6 is 0 Å². The van der Waals surface area contributed by atoms with Crippen LogP contribution in [0.15, 0.2) is 87.5 Å². The molecule has 0 N–H and O–H groups in total. The molecule has 0 fully saturated rings. The first-order chi connectivity index (χ1) is 19.9. The second kappa shape index (κ2) is 17.9. The van der Waals surface area contributed by atoms with Gasteiger partial charge in [-0.2, -0.15) is 21.6 Å². The van der Waals surface area contributed by atoms with Gasteiger partial charge in [0.25, 0.3) is 0 Å². The van der Waals surface area contributed by atoms with E-state index in [9.17, 15) is 21.6 Å². The first-order valence-corrected chi connectivity index (χ1v) is 18.9. The van der Waals surface area contributed by atoms with Crippen molar-refractivity contribution in [1.82, 2.24) is 0 Å². The molecule has 3 rings (SSSR count). The number of unbranched alkanes of at least 4 members (excludes halogenated alkanes) is 3. The molecule has 0 bridgehead atoms. The van der Waals surface area contributed by atoms with Gasteiger partial charge in [0.05, 0.1) is 10.9 Å². The third-order valence-electron chi connectivity index (χ3n) is 6.46. The summed E-state index contributed by atoms with van der Waals surface area (Å²) in [6, 6.07) is 22.8. The molecule has 42 heavy (non-hydrogen) atoms. The van der Waals surface area contributed by atoms with Crippen LogP contribution in [-0.2, 0) is 31.9 Å². The summed E-state index contributed by atoms with van der Waals surface area (Å²) in [7, 11) is -5.47. The zero-order chi connectivity index (χ0) is 31.2. The van der Waals surface area contributed by atoms with E-state index in [1.54, 1.807) is 12.1 Å². The Morgan fingerprint density at radius 1 is 0.667 bits per heavy atom. The highest BCUT2D eigenvalue weighted by Gasteiger charge is 2.49. The molecule has 0 saturated heterocycles. The normalized spacial score (nSPS) is 11.9. The Morgan fingerprint density at radius 2 is 1.05 bits per heavy atom. The van der Waals surface area contributed by atoms with Crippen molar-refractivity contribution in [2.24, 2.45) is 0 Å². The molecular formula is C33H45F3O3S3+2.